The molecule has 3 aromatic rings. The SMILES string of the molecule is C[C@H](CC(c1ccc(C(=O)N(C)C)cc1)(c1ccc(C(=O)N(C)C)cc1)c1nn[nH]n1)NCC(=O)N1CCC[C@H]1C#N. The van der Waals surface area contributed by atoms with Gasteiger partial charge in [-0.2, -0.15) is 10.5 Å². The van der Waals surface area contributed by atoms with E-state index in [0.29, 0.717) is 36.3 Å². The summed E-state index contributed by atoms with van der Waals surface area (Å²) < 4.78 is 0. The van der Waals surface area contributed by atoms with Crippen LogP contribution in [0.1, 0.15) is 63.9 Å². The smallest absolute Gasteiger partial charge is 0.253 e. The van der Waals surface area contributed by atoms with Crippen LogP contribution in [0.25, 0.3) is 0 Å². The van der Waals surface area contributed by atoms with Crippen molar-refractivity contribution in [1.29, 1.82) is 5.26 Å². The van der Waals surface area contributed by atoms with Gasteiger partial charge in [0.05, 0.1) is 18.0 Å². The average Bonchev–Trinajstić information content (AvgIpc) is 3.71. The van der Waals surface area contributed by atoms with Crippen LogP contribution in [0.4, 0.5) is 0 Å². The summed E-state index contributed by atoms with van der Waals surface area (Å²) >= 11 is 0. The molecular weight excluding hydrogens is 534 g/mol. The minimum absolute atomic E-state index is 0.0776. The van der Waals surface area contributed by atoms with Crippen molar-refractivity contribution in [3.8, 4) is 6.07 Å². The van der Waals surface area contributed by atoms with Crippen molar-refractivity contribution in [2.45, 2.75) is 43.7 Å². The van der Waals surface area contributed by atoms with Gasteiger partial charge in [-0.15, -0.1) is 10.2 Å². The fourth-order valence-electron chi connectivity index (χ4n) is 5.50. The van der Waals surface area contributed by atoms with E-state index >= 15 is 0 Å². The molecule has 2 N–H and O–H groups in total. The van der Waals surface area contributed by atoms with E-state index in [1.807, 2.05) is 31.2 Å². The third kappa shape index (κ3) is 6.16. The van der Waals surface area contributed by atoms with Crippen LogP contribution in [0.5, 0.6) is 0 Å². The van der Waals surface area contributed by atoms with Gasteiger partial charge in [-0.1, -0.05) is 29.5 Å². The van der Waals surface area contributed by atoms with E-state index in [0.717, 1.165) is 17.5 Å². The van der Waals surface area contributed by atoms with E-state index in [9.17, 15) is 19.6 Å². The first-order valence-electron chi connectivity index (χ1n) is 13.9. The highest BCUT2D eigenvalue weighted by Gasteiger charge is 2.42. The van der Waals surface area contributed by atoms with Gasteiger partial charge in [-0.25, -0.2) is 0 Å². The molecule has 12 heteroatoms. The highest BCUT2D eigenvalue weighted by molar-refractivity contribution is 5.94. The fraction of sp³-hybridized carbons (Fsp3) is 0.433. The van der Waals surface area contributed by atoms with Crippen molar-refractivity contribution in [3.05, 3.63) is 76.6 Å². The summed E-state index contributed by atoms with van der Waals surface area (Å²) in [6.07, 6.45) is 1.93. The van der Waals surface area contributed by atoms with Crippen LogP contribution in [-0.2, 0) is 10.2 Å². The maximum absolute atomic E-state index is 13.0. The van der Waals surface area contributed by atoms with Crippen molar-refractivity contribution >= 4 is 17.7 Å². The van der Waals surface area contributed by atoms with Crippen molar-refractivity contribution in [2.24, 2.45) is 0 Å². The summed E-state index contributed by atoms with van der Waals surface area (Å²) in [5.41, 5.74) is 1.74. The number of nitriles is 1. The van der Waals surface area contributed by atoms with Crippen molar-refractivity contribution < 1.29 is 14.4 Å². The molecule has 1 aromatic heterocycles. The molecule has 2 aromatic carbocycles. The van der Waals surface area contributed by atoms with E-state index in [2.05, 4.69) is 32.0 Å². The Balaban J connectivity index is 1.73. The van der Waals surface area contributed by atoms with Gasteiger partial charge in [0.1, 0.15) is 6.04 Å². The average molecular weight is 572 g/mol. The number of hydrogen-bond donors (Lipinski definition) is 2. The van der Waals surface area contributed by atoms with Gasteiger partial charge in [0.15, 0.2) is 5.82 Å². The second-order valence-electron chi connectivity index (χ2n) is 11.1. The van der Waals surface area contributed by atoms with E-state index in [1.54, 1.807) is 57.4 Å². The second-order valence-corrected chi connectivity index (χ2v) is 11.1. The number of nitrogens with zero attached hydrogens (tertiary/aromatic N) is 7. The van der Waals surface area contributed by atoms with Crippen LogP contribution in [0, 0.1) is 11.3 Å². The number of aromatic amines is 1. The van der Waals surface area contributed by atoms with Crippen LogP contribution in [0.3, 0.4) is 0 Å². The van der Waals surface area contributed by atoms with Crippen molar-refractivity contribution in [3.63, 3.8) is 0 Å². The number of hydrogen-bond acceptors (Lipinski definition) is 8. The molecule has 2 heterocycles. The summed E-state index contributed by atoms with van der Waals surface area (Å²) in [6, 6.07) is 16.2. The molecule has 1 aliphatic heterocycles. The Labute approximate surface area is 245 Å². The van der Waals surface area contributed by atoms with Crippen molar-refractivity contribution in [2.75, 3.05) is 41.3 Å². The Bertz CT molecular complexity index is 1360. The van der Waals surface area contributed by atoms with Gasteiger partial charge in [-0.05, 0) is 61.6 Å². The molecule has 42 heavy (non-hydrogen) atoms. The second kappa shape index (κ2) is 12.9. The maximum atomic E-state index is 13.0. The molecule has 0 unspecified atom stereocenters. The lowest BCUT2D eigenvalue weighted by Crippen LogP contribution is -2.45. The standard InChI is InChI=1S/C30H37N9O3/c1-20(32-19-26(40)39-16-6-7-25(39)18-31)17-30(29-33-35-36-34-29,23-12-8-21(9-13-23)27(41)37(2)3)24-14-10-22(11-15-24)28(42)38(4)5/h8-15,20,25,32H,6-7,16-17,19H2,1-5H3,(H,33,34,35,36)/t20-,25+/m1/s1. The number of tetrazole rings is 1. The quantitative estimate of drug-likeness (QED) is 0.374. The number of benzene rings is 2. The predicted octanol–water partition coefficient (Wildman–Crippen LogP) is 1.82. The first kappa shape index (κ1) is 30.3. The molecule has 2 atom stereocenters. The summed E-state index contributed by atoms with van der Waals surface area (Å²) in [6.45, 7) is 2.63. The van der Waals surface area contributed by atoms with Gasteiger partial charge in [-0.3, -0.25) is 14.4 Å². The van der Waals surface area contributed by atoms with E-state index in [-0.39, 0.29) is 36.3 Å². The molecule has 0 spiro atoms. The zero-order chi connectivity index (χ0) is 30.4. The van der Waals surface area contributed by atoms with Gasteiger partial charge >= 0.3 is 0 Å². The number of carbonyl (C=O) groups excluding carboxylic acids is 3. The zero-order valence-electron chi connectivity index (χ0n) is 24.7. The summed E-state index contributed by atoms with van der Waals surface area (Å²) in [5, 5.41) is 28.0. The first-order valence-corrected chi connectivity index (χ1v) is 13.9. The molecule has 220 valence electrons. The lowest BCUT2D eigenvalue weighted by molar-refractivity contribution is -0.130. The lowest BCUT2D eigenvalue weighted by Gasteiger charge is -2.35. The molecule has 0 radical (unpaired) electrons. The Kier molecular flexibility index (Phi) is 9.32. The number of rotatable bonds is 10. The zero-order valence-corrected chi connectivity index (χ0v) is 24.7. The van der Waals surface area contributed by atoms with E-state index in [1.165, 1.54) is 9.80 Å². The molecule has 3 amide bonds. The molecule has 0 aliphatic carbocycles. The van der Waals surface area contributed by atoms with E-state index in [4.69, 9.17) is 0 Å². The normalized spacial score (nSPS) is 15.6. The maximum Gasteiger partial charge on any atom is 0.253 e. The molecule has 1 aliphatic rings. The molecule has 0 saturated carbocycles. The number of aromatic nitrogens is 4. The van der Waals surface area contributed by atoms with Gasteiger partial charge in [0.2, 0.25) is 5.91 Å². The summed E-state index contributed by atoms with van der Waals surface area (Å²) in [5.74, 6) is 0.0490. The third-order valence-corrected chi connectivity index (χ3v) is 7.73. The first-order chi connectivity index (χ1) is 20.1. The Morgan fingerprint density at radius 2 is 1.57 bits per heavy atom. The number of amides is 3. The fourth-order valence-corrected chi connectivity index (χ4v) is 5.50. The highest BCUT2D eigenvalue weighted by Crippen LogP contribution is 2.41. The van der Waals surface area contributed by atoms with Gasteiger partial charge in [0, 0.05) is 51.9 Å². The van der Waals surface area contributed by atoms with Crippen LogP contribution < -0.4 is 5.32 Å². The molecule has 1 saturated heterocycles. The number of likely N-dealkylation sites (tertiary alicyclic amines) is 1. The molecular formula is C30H37N9O3. The third-order valence-electron chi connectivity index (χ3n) is 7.73. The van der Waals surface area contributed by atoms with Crippen LogP contribution in [0.2, 0.25) is 0 Å². The lowest BCUT2D eigenvalue weighted by atomic mass is 9.69. The summed E-state index contributed by atoms with van der Waals surface area (Å²) in [4.78, 5) is 42.9. The largest absolute Gasteiger partial charge is 0.345 e. The summed E-state index contributed by atoms with van der Waals surface area (Å²) in [7, 11) is 6.80. The Hall–Kier alpha value is -4.63. The minimum atomic E-state index is -0.954. The highest BCUT2D eigenvalue weighted by atomic mass is 16.2. The van der Waals surface area contributed by atoms with Gasteiger partial charge < -0.3 is 20.0 Å². The van der Waals surface area contributed by atoms with Crippen LogP contribution in [0.15, 0.2) is 48.5 Å². The topological polar surface area (TPSA) is 151 Å². The number of nitrogens with one attached hydrogen (secondary N) is 2. The minimum Gasteiger partial charge on any atom is -0.345 e. The van der Waals surface area contributed by atoms with Gasteiger partial charge in [0.25, 0.3) is 11.8 Å². The molecule has 4 rings (SSSR count). The Morgan fingerprint density at radius 3 is 2.02 bits per heavy atom. The number of H-pyrrole nitrogens is 1. The predicted molar refractivity (Wildman–Crippen MR) is 155 cm³/mol. The van der Waals surface area contributed by atoms with Crippen LogP contribution >= 0.6 is 0 Å². The monoisotopic (exact) mass is 571 g/mol. The molecule has 1 fully saturated rings. The van der Waals surface area contributed by atoms with E-state index < -0.39 is 5.41 Å². The van der Waals surface area contributed by atoms with Crippen molar-refractivity contribution in [1.82, 2.24) is 40.6 Å². The van der Waals surface area contributed by atoms with Crippen LogP contribution in [-0.4, -0.2) is 106 Å². The number of carbonyl (C=O) groups is 3. The molecule has 0 bridgehead atoms. The molecule has 12 nitrogen and oxygen atoms in total. The Morgan fingerprint density at radius 1 is 1.02 bits per heavy atom.